The van der Waals surface area contributed by atoms with Crippen LogP contribution in [-0.4, -0.2) is 17.2 Å². The summed E-state index contributed by atoms with van der Waals surface area (Å²) >= 11 is 0. The zero-order valence-electron chi connectivity index (χ0n) is 8.42. The Bertz CT molecular complexity index is 154. The van der Waals surface area contributed by atoms with Crippen LogP contribution in [-0.2, 0) is 4.79 Å². The van der Waals surface area contributed by atoms with Gasteiger partial charge in [0.05, 0.1) is 6.10 Å². The number of carboxylic acids is 1. The maximum absolute atomic E-state index is 10.5. The molecule has 0 fully saturated rings. The van der Waals surface area contributed by atoms with Crippen LogP contribution in [0.1, 0.15) is 27.7 Å². The Kier molecular flexibility index (Phi) is 7.41. The second-order valence-corrected chi connectivity index (χ2v) is 3.70. The van der Waals surface area contributed by atoms with Crippen molar-refractivity contribution in [1.29, 1.82) is 0 Å². The quantitative estimate of drug-likeness (QED) is 0.485. The molecule has 1 unspecified atom stereocenters. The third-order valence-electron chi connectivity index (χ3n) is 1.90. The summed E-state index contributed by atoms with van der Waals surface area (Å²) in [5, 5.41) is 19.9. The molecular formula is C8H15KO3. The number of carboxylic acid groups (broad SMARTS) is 1. The largest absolute Gasteiger partial charge is 1.00 e. The third-order valence-corrected chi connectivity index (χ3v) is 1.90. The van der Waals surface area contributed by atoms with Gasteiger partial charge < -0.3 is 15.0 Å². The van der Waals surface area contributed by atoms with Gasteiger partial charge in [-0.1, -0.05) is 27.7 Å². The average molecular weight is 198 g/mol. The van der Waals surface area contributed by atoms with Crippen LogP contribution in [0.5, 0.6) is 0 Å². The Morgan fingerprint density at radius 3 is 1.83 bits per heavy atom. The van der Waals surface area contributed by atoms with Gasteiger partial charge in [-0.05, 0) is 5.92 Å². The van der Waals surface area contributed by atoms with Gasteiger partial charge in [0, 0.05) is 11.4 Å². The van der Waals surface area contributed by atoms with Crippen molar-refractivity contribution < 1.29 is 66.4 Å². The van der Waals surface area contributed by atoms with Gasteiger partial charge in [-0.25, -0.2) is 0 Å². The minimum atomic E-state index is -1.21. The first-order valence-corrected chi connectivity index (χ1v) is 3.69. The molecule has 0 saturated heterocycles. The molecular weight excluding hydrogens is 183 g/mol. The molecule has 0 aromatic rings. The minimum Gasteiger partial charge on any atom is -0.549 e. The Hall–Kier alpha value is 1.07. The standard InChI is InChI=1S/C8H16O3.K/c1-5(2)6(9)8(3,4)7(10)11;/h5-6,9H,1-4H3,(H,10,11);/q;+1/p-1. The van der Waals surface area contributed by atoms with E-state index in [-0.39, 0.29) is 57.3 Å². The second kappa shape index (κ2) is 5.72. The van der Waals surface area contributed by atoms with E-state index < -0.39 is 17.5 Å². The predicted octanol–water partition coefficient (Wildman–Crippen LogP) is -3.22. The number of rotatable bonds is 3. The summed E-state index contributed by atoms with van der Waals surface area (Å²) in [6, 6.07) is 0. The smallest absolute Gasteiger partial charge is 0.549 e. The van der Waals surface area contributed by atoms with Crippen molar-refractivity contribution in [3.05, 3.63) is 0 Å². The van der Waals surface area contributed by atoms with Gasteiger partial charge in [-0.3, -0.25) is 0 Å². The summed E-state index contributed by atoms with van der Waals surface area (Å²) in [5.74, 6) is -1.28. The molecule has 3 nitrogen and oxygen atoms in total. The van der Waals surface area contributed by atoms with E-state index in [0.717, 1.165) is 0 Å². The fourth-order valence-corrected chi connectivity index (χ4v) is 0.954. The first-order chi connectivity index (χ1) is 4.80. The van der Waals surface area contributed by atoms with Crippen molar-refractivity contribution in [1.82, 2.24) is 0 Å². The Morgan fingerprint density at radius 2 is 1.75 bits per heavy atom. The SMILES string of the molecule is CC(C)C(O)C(C)(C)C(=O)[O-].[K+]. The zero-order chi connectivity index (χ0) is 9.23. The predicted molar refractivity (Wildman–Crippen MR) is 39.6 cm³/mol. The van der Waals surface area contributed by atoms with E-state index in [1.807, 2.05) is 0 Å². The van der Waals surface area contributed by atoms with Crippen molar-refractivity contribution >= 4 is 5.97 Å². The maximum atomic E-state index is 10.5. The molecule has 0 aromatic carbocycles. The van der Waals surface area contributed by atoms with Crippen molar-refractivity contribution in [3.8, 4) is 0 Å². The maximum Gasteiger partial charge on any atom is 1.00 e. The summed E-state index contributed by atoms with van der Waals surface area (Å²) in [7, 11) is 0. The van der Waals surface area contributed by atoms with E-state index >= 15 is 0 Å². The van der Waals surface area contributed by atoms with Crippen molar-refractivity contribution in [2.75, 3.05) is 0 Å². The number of hydrogen-bond donors (Lipinski definition) is 1. The topological polar surface area (TPSA) is 60.4 Å². The summed E-state index contributed by atoms with van der Waals surface area (Å²) in [6.45, 7) is 6.48. The molecule has 0 radical (unpaired) electrons. The van der Waals surface area contributed by atoms with E-state index in [2.05, 4.69) is 0 Å². The molecule has 0 saturated carbocycles. The molecule has 0 aliphatic carbocycles. The van der Waals surface area contributed by atoms with Crippen molar-refractivity contribution in [3.63, 3.8) is 0 Å². The Balaban J connectivity index is 0. The van der Waals surface area contributed by atoms with E-state index in [1.54, 1.807) is 13.8 Å². The van der Waals surface area contributed by atoms with E-state index in [9.17, 15) is 15.0 Å². The van der Waals surface area contributed by atoms with Gasteiger partial charge in [0.2, 0.25) is 0 Å². The van der Waals surface area contributed by atoms with Crippen LogP contribution in [0.3, 0.4) is 0 Å². The third kappa shape index (κ3) is 3.85. The van der Waals surface area contributed by atoms with Crippen LogP contribution in [0, 0.1) is 11.3 Å². The normalized spacial score (nSPS) is 13.8. The number of hydrogen-bond acceptors (Lipinski definition) is 3. The molecule has 0 aliphatic rings. The van der Waals surface area contributed by atoms with Crippen LogP contribution < -0.4 is 56.5 Å². The van der Waals surface area contributed by atoms with E-state index in [0.29, 0.717) is 0 Å². The van der Waals surface area contributed by atoms with Crippen LogP contribution in [0.4, 0.5) is 0 Å². The molecule has 1 atom stereocenters. The Labute approximate surface area is 116 Å². The molecule has 1 N–H and O–H groups in total. The zero-order valence-corrected chi connectivity index (χ0v) is 11.5. The van der Waals surface area contributed by atoms with Gasteiger partial charge in [0.15, 0.2) is 0 Å². The molecule has 0 spiro atoms. The van der Waals surface area contributed by atoms with Gasteiger partial charge in [0.25, 0.3) is 0 Å². The summed E-state index contributed by atoms with van der Waals surface area (Å²) in [6.07, 6.45) is -0.854. The molecule has 0 amide bonds. The molecule has 66 valence electrons. The number of aliphatic hydroxyl groups excluding tert-OH is 1. The van der Waals surface area contributed by atoms with Gasteiger partial charge in [-0.15, -0.1) is 0 Å². The molecule has 12 heavy (non-hydrogen) atoms. The summed E-state index contributed by atoms with van der Waals surface area (Å²) in [4.78, 5) is 10.5. The summed E-state index contributed by atoms with van der Waals surface area (Å²) < 4.78 is 0. The van der Waals surface area contributed by atoms with E-state index in [4.69, 9.17) is 0 Å². The number of aliphatic hydroxyl groups is 1. The first-order valence-electron chi connectivity index (χ1n) is 3.69. The van der Waals surface area contributed by atoms with Crippen LogP contribution in [0.15, 0.2) is 0 Å². The molecule has 0 bridgehead atoms. The number of carbonyl (C=O) groups excluding carboxylic acids is 1. The fourth-order valence-electron chi connectivity index (χ4n) is 0.954. The molecule has 4 heteroatoms. The monoisotopic (exact) mass is 198 g/mol. The average Bonchev–Trinajstić information content (AvgIpc) is 1.85. The van der Waals surface area contributed by atoms with Crippen molar-refractivity contribution in [2.45, 2.75) is 33.8 Å². The number of aliphatic carboxylic acids is 1. The van der Waals surface area contributed by atoms with E-state index in [1.165, 1.54) is 13.8 Å². The summed E-state index contributed by atoms with van der Waals surface area (Å²) in [5.41, 5.74) is -1.16. The van der Waals surface area contributed by atoms with Crippen molar-refractivity contribution in [2.24, 2.45) is 11.3 Å². The molecule has 0 aromatic heterocycles. The molecule has 0 heterocycles. The van der Waals surface area contributed by atoms with Gasteiger partial charge >= 0.3 is 51.4 Å². The fraction of sp³-hybridized carbons (Fsp3) is 0.875. The van der Waals surface area contributed by atoms with Crippen LogP contribution in [0.25, 0.3) is 0 Å². The van der Waals surface area contributed by atoms with Crippen LogP contribution in [0.2, 0.25) is 0 Å². The first kappa shape index (κ1) is 15.5. The van der Waals surface area contributed by atoms with Crippen LogP contribution >= 0.6 is 0 Å². The van der Waals surface area contributed by atoms with Gasteiger partial charge in [-0.2, -0.15) is 0 Å². The van der Waals surface area contributed by atoms with Gasteiger partial charge in [0.1, 0.15) is 0 Å². The molecule has 0 rings (SSSR count). The second-order valence-electron chi connectivity index (χ2n) is 3.70. The Morgan fingerprint density at radius 1 is 1.42 bits per heavy atom. The molecule has 0 aliphatic heterocycles. The number of carbonyl (C=O) groups is 1. The minimum absolute atomic E-state index is 0.